The van der Waals surface area contributed by atoms with Crippen molar-refractivity contribution >= 4 is 22.6 Å². The van der Waals surface area contributed by atoms with Gasteiger partial charge < -0.3 is 0 Å². The number of hydrogen-bond donors (Lipinski definition) is 1. The van der Waals surface area contributed by atoms with Gasteiger partial charge in [-0.15, -0.1) is 0 Å². The first-order chi connectivity index (χ1) is 14.8. The number of H-pyrrole nitrogens is 1. The lowest BCUT2D eigenvalue weighted by molar-refractivity contribution is 1.10. The highest BCUT2D eigenvalue weighted by molar-refractivity contribution is 6.31. The number of hydrogen-bond acceptors (Lipinski definition) is 3. The largest absolute Gasteiger partial charge is 0.275 e. The summed E-state index contributed by atoms with van der Waals surface area (Å²) >= 11 is 6.23. The van der Waals surface area contributed by atoms with Crippen LogP contribution in [0.15, 0.2) is 84.9 Å². The molecule has 3 aromatic carbocycles. The molecule has 0 aliphatic carbocycles. The minimum atomic E-state index is 0.518. The average molecular weight is 407 g/mol. The van der Waals surface area contributed by atoms with E-state index in [0.717, 1.165) is 33.3 Å². The van der Waals surface area contributed by atoms with Gasteiger partial charge in [-0.25, -0.2) is 4.98 Å². The highest BCUT2D eigenvalue weighted by atomic mass is 35.5. The van der Waals surface area contributed by atoms with Crippen molar-refractivity contribution in [3.8, 4) is 39.7 Å². The van der Waals surface area contributed by atoms with Gasteiger partial charge in [0.25, 0.3) is 0 Å². The Hall–Kier alpha value is -3.94. The van der Waals surface area contributed by atoms with Gasteiger partial charge in [-0.2, -0.15) is 10.4 Å². The smallest absolute Gasteiger partial charge is 0.182 e. The van der Waals surface area contributed by atoms with Gasteiger partial charge in [-0.05, 0) is 17.7 Å². The van der Waals surface area contributed by atoms with E-state index in [1.807, 2.05) is 84.9 Å². The van der Waals surface area contributed by atoms with Crippen LogP contribution in [0.2, 0.25) is 5.02 Å². The Morgan fingerprint density at radius 1 is 0.800 bits per heavy atom. The molecule has 5 rings (SSSR count). The molecule has 2 heterocycles. The lowest BCUT2D eigenvalue weighted by Crippen LogP contribution is -1.96. The van der Waals surface area contributed by atoms with Crippen molar-refractivity contribution in [1.82, 2.24) is 15.2 Å². The van der Waals surface area contributed by atoms with Crippen LogP contribution >= 0.6 is 11.6 Å². The number of nitriles is 1. The fraction of sp³-hybridized carbons (Fsp3) is 0. The lowest BCUT2D eigenvalue weighted by Gasteiger charge is -2.12. The highest BCUT2D eigenvalue weighted by Gasteiger charge is 2.22. The standard InChI is InChI=1S/C25H15ClN4/c26-19-13-7-12-18(14-19)24-22-21(16-8-3-1-4-9-16)20(15-27)23(28-25(22)30-29-24)17-10-5-2-6-11-17/h1-14H,(H,28,29,30). The zero-order valence-corrected chi connectivity index (χ0v) is 16.6. The van der Waals surface area contributed by atoms with Gasteiger partial charge in [0.05, 0.1) is 22.3 Å². The van der Waals surface area contributed by atoms with E-state index in [1.54, 1.807) is 0 Å². The first-order valence-corrected chi connectivity index (χ1v) is 9.83. The summed E-state index contributed by atoms with van der Waals surface area (Å²) in [4.78, 5) is 4.77. The molecule has 0 radical (unpaired) electrons. The van der Waals surface area contributed by atoms with Crippen LogP contribution in [0.5, 0.6) is 0 Å². The van der Waals surface area contributed by atoms with E-state index in [9.17, 15) is 5.26 Å². The van der Waals surface area contributed by atoms with Crippen molar-refractivity contribution in [3.05, 3.63) is 95.5 Å². The number of aromatic amines is 1. The summed E-state index contributed by atoms with van der Waals surface area (Å²) in [5.41, 5.74) is 5.99. The molecule has 4 nitrogen and oxygen atoms in total. The fourth-order valence-corrected chi connectivity index (χ4v) is 3.91. The summed E-state index contributed by atoms with van der Waals surface area (Å²) in [5.74, 6) is 0. The SMILES string of the molecule is N#Cc1c(-c2ccccc2)nc2n[nH]c(-c3cccc(Cl)c3)c2c1-c1ccccc1. The minimum absolute atomic E-state index is 0.518. The number of nitrogens with one attached hydrogen (secondary N) is 1. The number of benzene rings is 3. The summed E-state index contributed by atoms with van der Waals surface area (Å²) in [6.45, 7) is 0. The molecule has 1 N–H and O–H groups in total. The summed E-state index contributed by atoms with van der Waals surface area (Å²) in [5, 5.41) is 19.2. The zero-order valence-electron chi connectivity index (χ0n) is 15.8. The third-order valence-electron chi connectivity index (χ3n) is 5.04. The van der Waals surface area contributed by atoms with E-state index in [1.165, 1.54) is 0 Å². The number of rotatable bonds is 3. The van der Waals surface area contributed by atoms with Gasteiger partial charge in [0.1, 0.15) is 6.07 Å². The Bertz CT molecular complexity index is 1400. The van der Waals surface area contributed by atoms with E-state index >= 15 is 0 Å². The molecule has 0 aliphatic rings. The Labute approximate surface area is 178 Å². The van der Waals surface area contributed by atoms with Crippen LogP contribution in [-0.2, 0) is 0 Å². The molecule has 0 saturated carbocycles. The maximum Gasteiger partial charge on any atom is 0.182 e. The van der Waals surface area contributed by atoms with Crippen molar-refractivity contribution in [3.63, 3.8) is 0 Å². The van der Waals surface area contributed by atoms with Crippen LogP contribution in [0, 0.1) is 11.3 Å². The molecule has 0 saturated heterocycles. The molecule has 142 valence electrons. The second kappa shape index (κ2) is 7.47. The molecule has 2 aromatic heterocycles. The zero-order chi connectivity index (χ0) is 20.5. The molecule has 0 unspecified atom stereocenters. The monoisotopic (exact) mass is 406 g/mol. The Balaban J connectivity index is 1.92. The van der Waals surface area contributed by atoms with Crippen LogP contribution in [-0.4, -0.2) is 15.2 Å². The molecule has 0 bridgehead atoms. The predicted octanol–water partition coefficient (Wildman–Crippen LogP) is 6.48. The number of halogens is 1. The van der Waals surface area contributed by atoms with Gasteiger partial charge >= 0.3 is 0 Å². The lowest BCUT2D eigenvalue weighted by atomic mass is 9.92. The first-order valence-electron chi connectivity index (χ1n) is 9.45. The average Bonchev–Trinajstić information content (AvgIpc) is 3.22. The maximum atomic E-state index is 10.2. The molecule has 30 heavy (non-hydrogen) atoms. The second-order valence-electron chi connectivity index (χ2n) is 6.86. The van der Waals surface area contributed by atoms with Crippen molar-refractivity contribution in [1.29, 1.82) is 5.26 Å². The maximum absolute atomic E-state index is 10.2. The Morgan fingerprint density at radius 3 is 2.13 bits per heavy atom. The van der Waals surface area contributed by atoms with E-state index in [-0.39, 0.29) is 0 Å². The minimum Gasteiger partial charge on any atom is -0.275 e. The van der Waals surface area contributed by atoms with Gasteiger partial charge in [-0.3, -0.25) is 5.10 Å². The van der Waals surface area contributed by atoms with E-state index in [4.69, 9.17) is 16.6 Å². The van der Waals surface area contributed by atoms with Crippen molar-refractivity contribution < 1.29 is 0 Å². The van der Waals surface area contributed by atoms with Crippen LogP contribution in [0.1, 0.15) is 5.56 Å². The molecule has 0 aliphatic heterocycles. The molecule has 5 aromatic rings. The molecular formula is C25H15ClN4. The number of nitrogens with zero attached hydrogens (tertiary/aromatic N) is 3. The number of fused-ring (bicyclic) bond motifs is 1. The third-order valence-corrected chi connectivity index (χ3v) is 5.27. The Morgan fingerprint density at radius 2 is 1.47 bits per heavy atom. The fourth-order valence-electron chi connectivity index (χ4n) is 3.72. The Kier molecular flexibility index (Phi) is 4.51. The van der Waals surface area contributed by atoms with Gasteiger partial charge in [0.2, 0.25) is 0 Å². The van der Waals surface area contributed by atoms with Crippen molar-refractivity contribution in [2.24, 2.45) is 0 Å². The number of pyridine rings is 1. The topological polar surface area (TPSA) is 65.4 Å². The summed E-state index contributed by atoms with van der Waals surface area (Å²) in [6.07, 6.45) is 0. The van der Waals surface area contributed by atoms with Crippen LogP contribution < -0.4 is 0 Å². The first kappa shape index (κ1) is 18.1. The van der Waals surface area contributed by atoms with Gasteiger partial charge in [0.15, 0.2) is 5.65 Å². The highest BCUT2D eigenvalue weighted by Crippen LogP contribution is 2.40. The molecule has 0 fully saturated rings. The third kappa shape index (κ3) is 3.02. The number of aromatic nitrogens is 3. The van der Waals surface area contributed by atoms with Gasteiger partial charge in [-0.1, -0.05) is 84.4 Å². The normalized spacial score (nSPS) is 10.8. The van der Waals surface area contributed by atoms with Crippen molar-refractivity contribution in [2.45, 2.75) is 0 Å². The predicted molar refractivity (Wildman–Crippen MR) is 120 cm³/mol. The molecule has 5 heteroatoms. The van der Waals surface area contributed by atoms with E-state index in [2.05, 4.69) is 16.3 Å². The summed E-state index contributed by atoms with van der Waals surface area (Å²) < 4.78 is 0. The molecular weight excluding hydrogens is 392 g/mol. The summed E-state index contributed by atoms with van der Waals surface area (Å²) in [6, 6.07) is 29.6. The van der Waals surface area contributed by atoms with Crippen LogP contribution in [0.3, 0.4) is 0 Å². The molecule has 0 spiro atoms. The van der Waals surface area contributed by atoms with Crippen molar-refractivity contribution in [2.75, 3.05) is 0 Å². The molecule has 0 atom stereocenters. The molecule has 0 amide bonds. The van der Waals surface area contributed by atoms with Crippen LogP contribution in [0.25, 0.3) is 44.7 Å². The second-order valence-corrected chi connectivity index (χ2v) is 7.30. The summed E-state index contributed by atoms with van der Waals surface area (Å²) in [7, 11) is 0. The quantitative estimate of drug-likeness (QED) is 0.372. The van der Waals surface area contributed by atoms with Crippen LogP contribution in [0.4, 0.5) is 0 Å². The van der Waals surface area contributed by atoms with E-state index in [0.29, 0.717) is 21.9 Å². The van der Waals surface area contributed by atoms with Gasteiger partial charge in [0, 0.05) is 21.7 Å². The van der Waals surface area contributed by atoms with E-state index < -0.39 is 0 Å².